The molecule has 0 atom stereocenters. The third kappa shape index (κ3) is 2.74. The molecule has 2 aromatic heterocycles. The van der Waals surface area contributed by atoms with Gasteiger partial charge in [-0.3, -0.25) is 0 Å². The van der Waals surface area contributed by atoms with E-state index in [0.717, 1.165) is 11.3 Å². The van der Waals surface area contributed by atoms with Crippen LogP contribution in [0.5, 0.6) is 0 Å². The zero-order valence-electron chi connectivity index (χ0n) is 9.88. The van der Waals surface area contributed by atoms with E-state index < -0.39 is 0 Å². The van der Waals surface area contributed by atoms with Gasteiger partial charge in [-0.15, -0.1) is 0 Å². The highest BCUT2D eigenvalue weighted by Crippen LogP contribution is 2.31. The molecule has 0 N–H and O–H groups in total. The second kappa shape index (κ2) is 5.39. The van der Waals surface area contributed by atoms with Crippen molar-refractivity contribution in [1.82, 2.24) is 4.98 Å². The fourth-order valence-electron chi connectivity index (χ4n) is 1.61. The number of nitrogens with zero attached hydrogens (tertiary/aromatic N) is 2. The van der Waals surface area contributed by atoms with E-state index in [1.165, 1.54) is 0 Å². The van der Waals surface area contributed by atoms with Gasteiger partial charge in [0, 0.05) is 19.2 Å². The van der Waals surface area contributed by atoms with Gasteiger partial charge in [-0.1, -0.05) is 34.8 Å². The molecule has 0 aliphatic carbocycles. The number of rotatable bonds is 3. The minimum atomic E-state index is 0.242. The van der Waals surface area contributed by atoms with Gasteiger partial charge in [0.25, 0.3) is 0 Å². The quantitative estimate of drug-likeness (QED) is 0.777. The van der Waals surface area contributed by atoms with Gasteiger partial charge in [0.1, 0.15) is 16.7 Å². The number of aromatic nitrogens is 1. The summed E-state index contributed by atoms with van der Waals surface area (Å²) >= 11 is 17.8. The first-order chi connectivity index (χ1) is 8.49. The lowest BCUT2D eigenvalue weighted by Crippen LogP contribution is -2.18. The molecule has 0 saturated carbocycles. The van der Waals surface area contributed by atoms with E-state index in [4.69, 9.17) is 39.2 Å². The highest BCUT2D eigenvalue weighted by molar-refractivity contribution is 6.42. The number of hydrogen-bond donors (Lipinski definition) is 0. The standard InChI is InChI=1S/C12H11Cl3N2O/c1-7-8(3-4-18-7)6-17(2)12-10(14)5-9(13)11(15)16-12/h3-5H,6H2,1-2H3. The molecular weight excluding hydrogens is 295 g/mol. The minimum Gasteiger partial charge on any atom is -0.469 e. The molecule has 3 nitrogen and oxygen atoms in total. The Hall–Kier alpha value is -0.900. The van der Waals surface area contributed by atoms with Gasteiger partial charge >= 0.3 is 0 Å². The third-order valence-corrected chi connectivity index (χ3v) is 3.55. The van der Waals surface area contributed by atoms with Crippen molar-refractivity contribution in [1.29, 1.82) is 0 Å². The van der Waals surface area contributed by atoms with Gasteiger partial charge < -0.3 is 9.32 Å². The van der Waals surface area contributed by atoms with Crippen LogP contribution in [0.4, 0.5) is 5.82 Å². The molecule has 2 aromatic rings. The molecule has 0 radical (unpaired) electrons. The Kier molecular flexibility index (Phi) is 4.05. The molecule has 96 valence electrons. The molecular formula is C12H11Cl3N2O. The van der Waals surface area contributed by atoms with Crippen molar-refractivity contribution in [3.63, 3.8) is 0 Å². The molecule has 0 aliphatic rings. The second-order valence-electron chi connectivity index (χ2n) is 3.92. The Morgan fingerprint density at radius 2 is 2.00 bits per heavy atom. The van der Waals surface area contributed by atoms with E-state index >= 15 is 0 Å². The maximum Gasteiger partial charge on any atom is 0.150 e. The normalized spacial score (nSPS) is 10.7. The van der Waals surface area contributed by atoms with E-state index in [2.05, 4.69) is 4.98 Å². The van der Waals surface area contributed by atoms with Crippen molar-refractivity contribution in [3.05, 3.63) is 44.9 Å². The topological polar surface area (TPSA) is 29.3 Å². The first-order valence-electron chi connectivity index (χ1n) is 5.24. The summed E-state index contributed by atoms with van der Waals surface area (Å²) in [5.74, 6) is 1.46. The Bertz CT molecular complexity index is 568. The molecule has 2 rings (SSSR count). The molecule has 0 unspecified atom stereocenters. The van der Waals surface area contributed by atoms with Crippen molar-refractivity contribution in [3.8, 4) is 0 Å². The number of hydrogen-bond acceptors (Lipinski definition) is 3. The van der Waals surface area contributed by atoms with E-state index in [9.17, 15) is 0 Å². The van der Waals surface area contributed by atoms with Gasteiger partial charge in [-0.05, 0) is 19.1 Å². The van der Waals surface area contributed by atoms with Gasteiger partial charge in [0.2, 0.25) is 0 Å². The summed E-state index contributed by atoms with van der Waals surface area (Å²) in [6, 6.07) is 3.50. The summed E-state index contributed by atoms with van der Waals surface area (Å²) in [5.41, 5.74) is 1.07. The van der Waals surface area contributed by atoms with Crippen LogP contribution in [0.15, 0.2) is 22.8 Å². The molecule has 0 aliphatic heterocycles. The molecule has 0 fully saturated rings. The van der Waals surface area contributed by atoms with Crippen molar-refractivity contribution < 1.29 is 4.42 Å². The molecule has 18 heavy (non-hydrogen) atoms. The fraction of sp³-hybridized carbons (Fsp3) is 0.250. The predicted molar refractivity (Wildman–Crippen MR) is 74.8 cm³/mol. The summed E-state index contributed by atoms with van der Waals surface area (Å²) < 4.78 is 5.25. The lowest BCUT2D eigenvalue weighted by atomic mass is 10.2. The van der Waals surface area contributed by atoms with Crippen LogP contribution in [0.2, 0.25) is 15.2 Å². The van der Waals surface area contributed by atoms with Crippen LogP contribution >= 0.6 is 34.8 Å². The first kappa shape index (κ1) is 13.5. The fourth-order valence-corrected chi connectivity index (χ4v) is 2.25. The molecule has 0 amide bonds. The lowest BCUT2D eigenvalue weighted by Gasteiger charge is -2.19. The first-order valence-corrected chi connectivity index (χ1v) is 6.38. The van der Waals surface area contributed by atoms with E-state index in [1.54, 1.807) is 12.3 Å². The number of furan rings is 1. The average Bonchev–Trinajstić information content (AvgIpc) is 2.69. The van der Waals surface area contributed by atoms with Crippen molar-refractivity contribution in [2.24, 2.45) is 0 Å². The Labute approximate surface area is 120 Å². The molecule has 0 spiro atoms. The van der Waals surface area contributed by atoms with Gasteiger partial charge in [0.05, 0.1) is 16.3 Å². The minimum absolute atomic E-state index is 0.242. The van der Waals surface area contributed by atoms with Gasteiger partial charge in [0.15, 0.2) is 0 Å². The van der Waals surface area contributed by atoms with Crippen LogP contribution in [-0.4, -0.2) is 12.0 Å². The van der Waals surface area contributed by atoms with E-state index in [-0.39, 0.29) is 5.15 Å². The largest absolute Gasteiger partial charge is 0.469 e. The van der Waals surface area contributed by atoms with Crippen molar-refractivity contribution in [2.75, 3.05) is 11.9 Å². The SMILES string of the molecule is Cc1occc1CN(C)c1nc(Cl)c(Cl)cc1Cl. The maximum atomic E-state index is 6.11. The monoisotopic (exact) mass is 304 g/mol. The summed E-state index contributed by atoms with van der Waals surface area (Å²) in [6.07, 6.45) is 1.66. The van der Waals surface area contributed by atoms with Crippen molar-refractivity contribution in [2.45, 2.75) is 13.5 Å². The Morgan fingerprint density at radius 1 is 1.28 bits per heavy atom. The highest BCUT2D eigenvalue weighted by Gasteiger charge is 2.13. The second-order valence-corrected chi connectivity index (χ2v) is 5.10. The van der Waals surface area contributed by atoms with Crippen LogP contribution in [0.3, 0.4) is 0 Å². The summed E-state index contributed by atoms with van der Waals surface area (Å²) in [7, 11) is 1.88. The van der Waals surface area contributed by atoms with Crippen LogP contribution in [0, 0.1) is 6.92 Å². The number of aryl methyl sites for hydroxylation is 1. The zero-order valence-corrected chi connectivity index (χ0v) is 12.1. The molecule has 2 heterocycles. The number of halogens is 3. The number of pyridine rings is 1. The van der Waals surface area contributed by atoms with Crippen LogP contribution in [-0.2, 0) is 6.54 Å². The molecule has 0 aromatic carbocycles. The van der Waals surface area contributed by atoms with Gasteiger partial charge in [-0.2, -0.15) is 0 Å². The van der Waals surface area contributed by atoms with Crippen molar-refractivity contribution >= 4 is 40.6 Å². The number of anilines is 1. The lowest BCUT2D eigenvalue weighted by molar-refractivity contribution is 0.529. The molecule has 6 heteroatoms. The summed E-state index contributed by atoms with van der Waals surface area (Å²) in [4.78, 5) is 6.07. The smallest absolute Gasteiger partial charge is 0.150 e. The third-order valence-electron chi connectivity index (χ3n) is 2.60. The van der Waals surface area contributed by atoms with Crippen LogP contribution in [0.25, 0.3) is 0 Å². The molecule has 0 saturated heterocycles. The summed E-state index contributed by atoms with van der Waals surface area (Å²) in [6.45, 7) is 2.54. The highest BCUT2D eigenvalue weighted by atomic mass is 35.5. The van der Waals surface area contributed by atoms with Gasteiger partial charge in [-0.25, -0.2) is 4.98 Å². The zero-order chi connectivity index (χ0) is 13.3. The average molecular weight is 306 g/mol. The molecule has 0 bridgehead atoms. The predicted octanol–water partition coefficient (Wildman–Crippen LogP) is 4.58. The van der Waals surface area contributed by atoms with Crippen LogP contribution in [0.1, 0.15) is 11.3 Å². The van der Waals surface area contributed by atoms with Crippen LogP contribution < -0.4 is 4.90 Å². The Morgan fingerprint density at radius 3 is 2.61 bits per heavy atom. The van der Waals surface area contributed by atoms with E-state index in [1.807, 2.05) is 24.9 Å². The maximum absolute atomic E-state index is 6.11. The van der Waals surface area contributed by atoms with E-state index in [0.29, 0.717) is 22.4 Å². The Balaban J connectivity index is 2.26. The summed E-state index contributed by atoms with van der Waals surface area (Å²) in [5, 5.41) is 1.05.